The number of pyridine rings is 1. The third kappa shape index (κ3) is 5.01. The Hall–Kier alpha value is -3.94. The van der Waals surface area contributed by atoms with E-state index in [1.807, 2.05) is 0 Å². The fourth-order valence-electron chi connectivity index (χ4n) is 3.16. The van der Waals surface area contributed by atoms with Gasteiger partial charge in [0.1, 0.15) is 33.5 Å². The summed E-state index contributed by atoms with van der Waals surface area (Å²) < 4.78 is 38.5. The van der Waals surface area contributed by atoms with Crippen molar-refractivity contribution in [2.24, 2.45) is 0 Å². The summed E-state index contributed by atoms with van der Waals surface area (Å²) >= 11 is 0.967. The molecule has 3 N–H and O–H groups in total. The Morgan fingerprint density at radius 1 is 1.15 bits per heavy atom. The Labute approximate surface area is 194 Å². The van der Waals surface area contributed by atoms with E-state index in [2.05, 4.69) is 35.9 Å². The maximum atomic E-state index is 12.8. The summed E-state index contributed by atoms with van der Waals surface area (Å²) in [6, 6.07) is 0.927. The first-order valence-corrected chi connectivity index (χ1v) is 10.7. The summed E-state index contributed by atoms with van der Waals surface area (Å²) in [5.41, 5.74) is -0.285. The first-order valence-electron chi connectivity index (χ1n) is 9.86. The van der Waals surface area contributed by atoms with Gasteiger partial charge in [-0.25, -0.2) is 19.9 Å². The lowest BCUT2D eigenvalue weighted by Gasteiger charge is -2.18. The zero-order valence-electron chi connectivity index (χ0n) is 17.4. The molecule has 1 aliphatic heterocycles. The summed E-state index contributed by atoms with van der Waals surface area (Å²) in [7, 11) is 0. The minimum atomic E-state index is -4.57. The molecule has 3 aromatic rings. The van der Waals surface area contributed by atoms with Crippen molar-refractivity contribution in [3.8, 4) is 0 Å². The zero-order valence-corrected chi connectivity index (χ0v) is 18.3. The molecule has 3 aromatic heterocycles. The number of aromatic nitrogens is 4. The van der Waals surface area contributed by atoms with Crippen LogP contribution in [0.3, 0.4) is 0 Å². The molecule has 0 fully saturated rings. The Balaban J connectivity index is 1.43. The van der Waals surface area contributed by atoms with Crippen LogP contribution >= 0.6 is 11.3 Å². The number of carbonyl (C=O) groups is 3. The van der Waals surface area contributed by atoms with E-state index in [1.54, 1.807) is 6.92 Å². The molecule has 10 nitrogen and oxygen atoms in total. The van der Waals surface area contributed by atoms with Gasteiger partial charge in [-0.05, 0) is 25.5 Å². The van der Waals surface area contributed by atoms with E-state index in [-0.39, 0.29) is 28.7 Å². The Kier molecular flexibility index (Phi) is 6.24. The van der Waals surface area contributed by atoms with Crippen molar-refractivity contribution in [2.45, 2.75) is 32.0 Å². The van der Waals surface area contributed by atoms with Gasteiger partial charge in [0.25, 0.3) is 11.8 Å². The topological polar surface area (TPSA) is 139 Å². The van der Waals surface area contributed by atoms with Crippen LogP contribution in [-0.4, -0.2) is 37.7 Å². The molecule has 0 spiro atoms. The second-order valence-electron chi connectivity index (χ2n) is 7.24. The summed E-state index contributed by atoms with van der Waals surface area (Å²) in [5, 5.41) is 8.04. The lowest BCUT2D eigenvalue weighted by molar-refractivity contribution is -0.137. The van der Waals surface area contributed by atoms with E-state index in [0.717, 1.165) is 29.7 Å². The fourth-order valence-corrected chi connectivity index (χ4v) is 3.97. The number of hydrogen-bond acceptors (Lipinski definition) is 8. The van der Waals surface area contributed by atoms with Gasteiger partial charge in [0, 0.05) is 18.2 Å². The van der Waals surface area contributed by atoms with Gasteiger partial charge in [0.2, 0.25) is 5.91 Å². The average Bonchev–Trinajstić information content (AvgIpc) is 3.29. The van der Waals surface area contributed by atoms with E-state index >= 15 is 0 Å². The molecule has 34 heavy (non-hydrogen) atoms. The maximum Gasteiger partial charge on any atom is 0.416 e. The highest BCUT2D eigenvalue weighted by molar-refractivity contribution is 7.13. The van der Waals surface area contributed by atoms with Crippen molar-refractivity contribution >= 4 is 40.7 Å². The number of fused-ring (bicyclic) bond motifs is 1. The van der Waals surface area contributed by atoms with Crippen LogP contribution in [0.5, 0.6) is 0 Å². The third-order valence-corrected chi connectivity index (χ3v) is 5.99. The van der Waals surface area contributed by atoms with Gasteiger partial charge >= 0.3 is 6.18 Å². The minimum absolute atomic E-state index is 0.123. The molecule has 0 aliphatic carbocycles. The molecule has 1 aliphatic rings. The van der Waals surface area contributed by atoms with E-state index in [1.165, 1.54) is 12.5 Å². The van der Waals surface area contributed by atoms with Crippen molar-refractivity contribution in [2.75, 3.05) is 10.6 Å². The summed E-state index contributed by atoms with van der Waals surface area (Å²) in [5.74, 6) is -1.34. The van der Waals surface area contributed by atoms with Crippen LogP contribution < -0.4 is 16.0 Å². The molecule has 4 rings (SSSR count). The van der Waals surface area contributed by atoms with Crippen LogP contribution in [0.25, 0.3) is 0 Å². The van der Waals surface area contributed by atoms with Crippen LogP contribution in [0, 0.1) is 0 Å². The highest BCUT2D eigenvalue weighted by Gasteiger charge is 2.31. The summed E-state index contributed by atoms with van der Waals surface area (Å²) in [4.78, 5) is 52.7. The first kappa shape index (κ1) is 23.2. The van der Waals surface area contributed by atoms with Crippen molar-refractivity contribution in [1.29, 1.82) is 0 Å². The summed E-state index contributed by atoms with van der Waals surface area (Å²) in [6.45, 7) is 1.65. The van der Waals surface area contributed by atoms with Crippen LogP contribution in [0.4, 0.5) is 24.8 Å². The van der Waals surface area contributed by atoms with Gasteiger partial charge in [0.15, 0.2) is 0 Å². The number of nitrogens with zero attached hydrogens (tertiary/aromatic N) is 4. The van der Waals surface area contributed by atoms with Crippen LogP contribution in [0.2, 0.25) is 0 Å². The number of halogens is 3. The second-order valence-corrected chi connectivity index (χ2v) is 8.30. The van der Waals surface area contributed by atoms with Crippen molar-refractivity contribution in [3.05, 3.63) is 57.6 Å². The van der Waals surface area contributed by atoms with Crippen LogP contribution in [0.1, 0.15) is 55.7 Å². The number of amides is 3. The molecule has 0 radical (unpaired) electrons. The minimum Gasteiger partial charge on any atom is -0.342 e. The Morgan fingerprint density at radius 3 is 2.71 bits per heavy atom. The van der Waals surface area contributed by atoms with E-state index in [4.69, 9.17) is 0 Å². The largest absolute Gasteiger partial charge is 0.416 e. The molecule has 0 unspecified atom stereocenters. The zero-order chi connectivity index (χ0) is 24.5. The van der Waals surface area contributed by atoms with Gasteiger partial charge in [-0.15, -0.1) is 11.3 Å². The standard InChI is InChI=1S/C20H16F3N7O3S/c1-9(28-18(33)15-11-2-3-14(31)30-16(11)27-8-26-15)19-25-7-12(34-19)17(32)29-13-6-10(4-5-24-13)20(21,22)23/h4-9H,2-3H2,1H3,(H,28,33)(H,24,29,32)(H,26,27,30,31)/t9-/m1/s1. The van der Waals surface area contributed by atoms with Gasteiger partial charge in [-0.3, -0.25) is 14.4 Å². The predicted molar refractivity (Wildman–Crippen MR) is 114 cm³/mol. The highest BCUT2D eigenvalue weighted by Crippen LogP contribution is 2.30. The maximum absolute atomic E-state index is 12.8. The number of thiazole rings is 1. The van der Waals surface area contributed by atoms with Gasteiger partial charge in [-0.1, -0.05) is 0 Å². The molecular weight excluding hydrogens is 475 g/mol. The van der Waals surface area contributed by atoms with Gasteiger partial charge < -0.3 is 16.0 Å². The molecule has 3 amide bonds. The van der Waals surface area contributed by atoms with Crippen LogP contribution in [-0.2, 0) is 17.4 Å². The van der Waals surface area contributed by atoms with E-state index in [0.29, 0.717) is 22.8 Å². The number of nitrogens with one attached hydrogen (secondary N) is 3. The Bertz CT molecular complexity index is 1280. The molecule has 0 aromatic carbocycles. The van der Waals surface area contributed by atoms with Crippen molar-refractivity contribution < 1.29 is 27.6 Å². The molecule has 1 atom stereocenters. The molecule has 176 valence electrons. The SMILES string of the molecule is C[C@@H](NC(=O)c1ncnc2c1CCC(=O)N2)c1ncc(C(=O)Nc2cc(C(F)(F)F)ccn2)s1. The smallest absolute Gasteiger partial charge is 0.342 e. The van der Waals surface area contributed by atoms with Crippen molar-refractivity contribution in [1.82, 2.24) is 25.3 Å². The van der Waals surface area contributed by atoms with Crippen molar-refractivity contribution in [3.63, 3.8) is 0 Å². The first-order chi connectivity index (χ1) is 16.1. The molecule has 0 bridgehead atoms. The van der Waals surface area contributed by atoms with Crippen LogP contribution in [0.15, 0.2) is 30.9 Å². The lowest BCUT2D eigenvalue weighted by Crippen LogP contribution is -2.30. The van der Waals surface area contributed by atoms with Gasteiger partial charge in [0.05, 0.1) is 17.8 Å². The quantitative estimate of drug-likeness (QED) is 0.499. The third-order valence-electron chi connectivity index (χ3n) is 4.81. The number of rotatable bonds is 5. The van der Waals surface area contributed by atoms with Gasteiger partial charge in [-0.2, -0.15) is 13.2 Å². The second kappa shape index (κ2) is 9.13. The molecule has 0 saturated carbocycles. The van der Waals surface area contributed by atoms with E-state index < -0.39 is 29.6 Å². The molecule has 4 heterocycles. The monoisotopic (exact) mass is 491 g/mol. The number of carbonyl (C=O) groups excluding carboxylic acids is 3. The fraction of sp³-hybridized carbons (Fsp3) is 0.250. The molecular formula is C20H16F3N7O3S. The number of anilines is 2. The number of alkyl halides is 3. The highest BCUT2D eigenvalue weighted by atomic mass is 32.1. The van der Waals surface area contributed by atoms with E-state index in [9.17, 15) is 27.6 Å². The summed E-state index contributed by atoms with van der Waals surface area (Å²) in [6.07, 6.45) is -0.648. The lowest BCUT2D eigenvalue weighted by atomic mass is 10.0. The molecule has 14 heteroatoms. The molecule has 0 saturated heterocycles. The Morgan fingerprint density at radius 2 is 1.94 bits per heavy atom. The average molecular weight is 491 g/mol. The normalized spacial score (nSPS) is 14.1. The number of hydrogen-bond donors (Lipinski definition) is 3. The predicted octanol–water partition coefficient (Wildman–Crippen LogP) is 2.97.